The van der Waals surface area contributed by atoms with Crippen molar-refractivity contribution in [1.29, 1.82) is 0 Å². The molecule has 6 nitrogen and oxygen atoms in total. The van der Waals surface area contributed by atoms with Gasteiger partial charge in [-0.05, 0) is 36.8 Å². The van der Waals surface area contributed by atoms with E-state index >= 15 is 0 Å². The third-order valence-corrected chi connectivity index (χ3v) is 5.19. The van der Waals surface area contributed by atoms with Gasteiger partial charge in [0.25, 0.3) is 0 Å². The van der Waals surface area contributed by atoms with Crippen molar-refractivity contribution in [3.05, 3.63) is 47.0 Å². The molecule has 136 valence electrons. The van der Waals surface area contributed by atoms with Gasteiger partial charge in [0, 0.05) is 12.6 Å². The summed E-state index contributed by atoms with van der Waals surface area (Å²) in [6, 6.07) is 9.96. The van der Waals surface area contributed by atoms with Gasteiger partial charge in [-0.25, -0.2) is 13.1 Å². The highest BCUT2D eigenvalue weighted by Gasteiger charge is 2.20. The second kappa shape index (κ2) is 8.42. The Morgan fingerprint density at radius 1 is 1.04 bits per heavy atom. The van der Waals surface area contributed by atoms with Crippen LogP contribution in [0, 0.1) is 6.92 Å². The van der Waals surface area contributed by atoms with E-state index in [0.29, 0.717) is 16.5 Å². The highest BCUT2D eigenvalue weighted by molar-refractivity contribution is 7.89. The second-order valence-electron chi connectivity index (χ2n) is 5.20. The topological polar surface area (TPSA) is 73.9 Å². The molecule has 0 spiro atoms. The molecule has 0 atom stereocenters. The molecular weight excluding hydrogens is 366 g/mol. The molecular formula is C17H20ClNO5S. The van der Waals surface area contributed by atoms with Crippen LogP contribution in [0.5, 0.6) is 17.2 Å². The Morgan fingerprint density at radius 2 is 1.80 bits per heavy atom. The lowest BCUT2D eigenvalue weighted by Crippen LogP contribution is -2.28. The average molecular weight is 386 g/mol. The molecule has 0 amide bonds. The molecule has 0 aliphatic carbocycles. The van der Waals surface area contributed by atoms with Gasteiger partial charge in [-0.15, -0.1) is 0 Å². The molecule has 0 bridgehead atoms. The minimum absolute atomic E-state index is 0.00272. The lowest BCUT2D eigenvalue weighted by molar-refractivity contribution is 0.322. The number of nitrogens with one attached hydrogen (secondary N) is 1. The van der Waals surface area contributed by atoms with Gasteiger partial charge in [0.1, 0.15) is 28.8 Å². The lowest BCUT2D eigenvalue weighted by Gasteiger charge is -2.13. The van der Waals surface area contributed by atoms with Crippen LogP contribution < -0.4 is 18.9 Å². The van der Waals surface area contributed by atoms with Crippen molar-refractivity contribution in [3.63, 3.8) is 0 Å². The Bertz CT molecular complexity index is 839. The molecule has 0 aliphatic heterocycles. The largest absolute Gasteiger partial charge is 0.497 e. The van der Waals surface area contributed by atoms with Gasteiger partial charge in [-0.2, -0.15) is 0 Å². The minimum Gasteiger partial charge on any atom is -0.497 e. The SMILES string of the molecule is COc1ccc(OC)c(S(=O)(=O)NCCOc2cc(C)ccc2Cl)c1. The van der Waals surface area contributed by atoms with E-state index in [2.05, 4.69) is 4.72 Å². The Morgan fingerprint density at radius 3 is 2.48 bits per heavy atom. The summed E-state index contributed by atoms with van der Waals surface area (Å²) in [6.45, 7) is 2.13. The summed E-state index contributed by atoms with van der Waals surface area (Å²) in [5, 5.41) is 0.475. The van der Waals surface area contributed by atoms with Crippen molar-refractivity contribution in [1.82, 2.24) is 4.72 Å². The highest BCUT2D eigenvalue weighted by atomic mass is 35.5. The summed E-state index contributed by atoms with van der Waals surface area (Å²) in [7, 11) is -0.907. The maximum atomic E-state index is 12.5. The standard InChI is InChI=1S/C17H20ClNO5S/c1-12-4-6-14(18)16(10-12)24-9-8-19-25(20,21)17-11-13(22-2)5-7-15(17)23-3/h4-7,10-11,19H,8-9H2,1-3H3. The first-order valence-corrected chi connectivity index (χ1v) is 9.34. The predicted octanol–water partition coefficient (Wildman–Crippen LogP) is 3.02. The Kier molecular flexibility index (Phi) is 6.52. The smallest absolute Gasteiger partial charge is 0.244 e. The number of hydrogen-bond donors (Lipinski definition) is 1. The number of benzene rings is 2. The molecule has 1 N–H and O–H groups in total. The van der Waals surface area contributed by atoms with Crippen LogP contribution in [0.1, 0.15) is 5.56 Å². The summed E-state index contributed by atoms with van der Waals surface area (Å²) in [5.74, 6) is 1.17. The zero-order chi connectivity index (χ0) is 18.4. The van der Waals surface area contributed by atoms with Crippen molar-refractivity contribution in [3.8, 4) is 17.2 Å². The summed E-state index contributed by atoms with van der Waals surface area (Å²) in [5.41, 5.74) is 1.00. The first-order valence-electron chi connectivity index (χ1n) is 7.48. The van der Waals surface area contributed by atoms with Gasteiger partial charge < -0.3 is 14.2 Å². The second-order valence-corrected chi connectivity index (χ2v) is 7.34. The Hall–Kier alpha value is -1.96. The van der Waals surface area contributed by atoms with Gasteiger partial charge in [-0.1, -0.05) is 17.7 Å². The zero-order valence-corrected chi connectivity index (χ0v) is 15.8. The van der Waals surface area contributed by atoms with E-state index in [1.807, 2.05) is 13.0 Å². The first kappa shape index (κ1) is 19.4. The Labute approximate surface area is 152 Å². The van der Waals surface area contributed by atoms with Crippen molar-refractivity contribution in [2.45, 2.75) is 11.8 Å². The van der Waals surface area contributed by atoms with E-state index in [0.717, 1.165) is 5.56 Å². The molecule has 8 heteroatoms. The van der Waals surface area contributed by atoms with Gasteiger partial charge in [0.2, 0.25) is 10.0 Å². The summed E-state index contributed by atoms with van der Waals surface area (Å²) < 4.78 is 43.2. The van der Waals surface area contributed by atoms with Crippen LogP contribution in [0.3, 0.4) is 0 Å². The maximum absolute atomic E-state index is 12.5. The quantitative estimate of drug-likeness (QED) is 0.707. The number of sulfonamides is 1. The van der Waals surface area contributed by atoms with Crippen molar-refractivity contribution < 1.29 is 22.6 Å². The van der Waals surface area contributed by atoms with E-state index < -0.39 is 10.0 Å². The van der Waals surface area contributed by atoms with E-state index in [1.54, 1.807) is 18.2 Å². The summed E-state index contributed by atoms with van der Waals surface area (Å²) >= 11 is 6.04. The van der Waals surface area contributed by atoms with E-state index in [9.17, 15) is 8.42 Å². The molecule has 0 saturated heterocycles. The van der Waals surface area contributed by atoms with Crippen LogP contribution in [0.4, 0.5) is 0 Å². The third kappa shape index (κ3) is 5.01. The predicted molar refractivity (Wildman–Crippen MR) is 96.4 cm³/mol. The lowest BCUT2D eigenvalue weighted by atomic mass is 10.2. The molecule has 2 aromatic carbocycles. The fourth-order valence-corrected chi connectivity index (χ4v) is 3.50. The number of aryl methyl sites for hydroxylation is 1. The number of hydrogen-bond acceptors (Lipinski definition) is 5. The van der Waals surface area contributed by atoms with E-state index in [1.165, 1.54) is 26.4 Å². The van der Waals surface area contributed by atoms with Crippen LogP contribution in [-0.2, 0) is 10.0 Å². The molecule has 0 radical (unpaired) electrons. The maximum Gasteiger partial charge on any atom is 0.244 e. The van der Waals surface area contributed by atoms with Gasteiger partial charge in [-0.3, -0.25) is 0 Å². The molecule has 2 aromatic rings. The number of rotatable bonds is 8. The molecule has 2 rings (SSSR count). The molecule has 0 saturated carbocycles. The third-order valence-electron chi connectivity index (χ3n) is 3.40. The molecule has 0 unspecified atom stereocenters. The fourth-order valence-electron chi connectivity index (χ4n) is 2.13. The van der Waals surface area contributed by atoms with Crippen LogP contribution in [-0.4, -0.2) is 35.8 Å². The zero-order valence-electron chi connectivity index (χ0n) is 14.2. The van der Waals surface area contributed by atoms with Gasteiger partial charge in [0.05, 0.1) is 19.2 Å². The van der Waals surface area contributed by atoms with E-state index in [-0.39, 0.29) is 23.8 Å². The number of halogens is 1. The average Bonchev–Trinajstić information content (AvgIpc) is 2.60. The molecule has 0 aliphatic rings. The normalized spacial score (nSPS) is 11.2. The highest BCUT2D eigenvalue weighted by Crippen LogP contribution is 2.28. The summed E-state index contributed by atoms with van der Waals surface area (Å²) in [4.78, 5) is 0.00272. The van der Waals surface area contributed by atoms with Crippen LogP contribution >= 0.6 is 11.6 Å². The van der Waals surface area contributed by atoms with Gasteiger partial charge >= 0.3 is 0 Å². The van der Waals surface area contributed by atoms with Crippen molar-refractivity contribution >= 4 is 21.6 Å². The molecule has 0 heterocycles. The minimum atomic E-state index is -3.78. The van der Waals surface area contributed by atoms with Crippen LogP contribution in [0.2, 0.25) is 5.02 Å². The van der Waals surface area contributed by atoms with Gasteiger partial charge in [0.15, 0.2) is 0 Å². The van der Waals surface area contributed by atoms with Crippen molar-refractivity contribution in [2.75, 3.05) is 27.4 Å². The first-order chi connectivity index (χ1) is 11.9. The number of methoxy groups -OCH3 is 2. The van der Waals surface area contributed by atoms with Crippen molar-refractivity contribution in [2.24, 2.45) is 0 Å². The van der Waals surface area contributed by atoms with Crippen LogP contribution in [0.15, 0.2) is 41.3 Å². The monoisotopic (exact) mass is 385 g/mol. The number of ether oxygens (including phenoxy) is 3. The summed E-state index contributed by atoms with van der Waals surface area (Å²) in [6.07, 6.45) is 0. The van der Waals surface area contributed by atoms with Crippen LogP contribution in [0.25, 0.3) is 0 Å². The molecule has 25 heavy (non-hydrogen) atoms. The molecule has 0 fully saturated rings. The van der Waals surface area contributed by atoms with E-state index in [4.69, 9.17) is 25.8 Å². The fraction of sp³-hybridized carbons (Fsp3) is 0.294. The molecule has 0 aromatic heterocycles. The Balaban J connectivity index is 2.03.